The summed E-state index contributed by atoms with van der Waals surface area (Å²) in [6, 6.07) is 13.6. The van der Waals surface area contributed by atoms with Crippen molar-refractivity contribution in [1.29, 1.82) is 0 Å². The van der Waals surface area contributed by atoms with E-state index >= 15 is 0 Å². The van der Waals surface area contributed by atoms with Gasteiger partial charge in [0.2, 0.25) is 0 Å². The molecule has 0 aromatic heterocycles. The van der Waals surface area contributed by atoms with E-state index in [1.807, 2.05) is 13.0 Å². The molecule has 0 spiro atoms. The molecule has 0 aliphatic rings. The molecule has 2 rings (SSSR count). The molecule has 0 unspecified atom stereocenters. The van der Waals surface area contributed by atoms with E-state index in [0.29, 0.717) is 12.2 Å². The van der Waals surface area contributed by atoms with E-state index in [4.69, 9.17) is 0 Å². The monoisotopic (exact) mass is 271 g/mol. The molecule has 0 fully saturated rings. The largest absolute Gasteiger partial charge is 0.379 e. The Labute approximate surface area is 120 Å². The van der Waals surface area contributed by atoms with Crippen LogP contribution in [-0.4, -0.2) is 0 Å². The molecular weight excluding hydrogens is 249 g/mol. The molecular formula is C18H22FN. The Morgan fingerprint density at radius 1 is 1.00 bits per heavy atom. The van der Waals surface area contributed by atoms with E-state index in [1.54, 1.807) is 6.07 Å². The predicted molar refractivity (Wildman–Crippen MR) is 83.6 cm³/mol. The van der Waals surface area contributed by atoms with E-state index in [-0.39, 0.29) is 11.2 Å². The van der Waals surface area contributed by atoms with Gasteiger partial charge in [-0.2, -0.15) is 0 Å². The highest BCUT2D eigenvalue weighted by atomic mass is 19.1. The molecule has 0 saturated heterocycles. The van der Waals surface area contributed by atoms with Crippen LogP contribution >= 0.6 is 0 Å². The zero-order chi connectivity index (χ0) is 14.8. The molecule has 2 aromatic carbocycles. The van der Waals surface area contributed by atoms with Crippen LogP contribution in [0.4, 0.5) is 10.1 Å². The number of rotatable bonds is 3. The topological polar surface area (TPSA) is 12.0 Å². The van der Waals surface area contributed by atoms with Crippen LogP contribution in [0, 0.1) is 12.7 Å². The number of nitrogens with one attached hydrogen (secondary N) is 1. The summed E-state index contributed by atoms with van der Waals surface area (Å²) in [6.45, 7) is 9.18. The van der Waals surface area contributed by atoms with Gasteiger partial charge in [-0.3, -0.25) is 0 Å². The molecule has 0 saturated carbocycles. The van der Waals surface area contributed by atoms with Gasteiger partial charge in [0, 0.05) is 6.54 Å². The van der Waals surface area contributed by atoms with Gasteiger partial charge in [0.15, 0.2) is 0 Å². The quantitative estimate of drug-likeness (QED) is 0.824. The number of hydrogen-bond acceptors (Lipinski definition) is 1. The van der Waals surface area contributed by atoms with Crippen molar-refractivity contribution in [3.05, 3.63) is 65.0 Å². The third kappa shape index (κ3) is 3.60. The van der Waals surface area contributed by atoms with Crippen molar-refractivity contribution in [3.63, 3.8) is 0 Å². The van der Waals surface area contributed by atoms with Gasteiger partial charge < -0.3 is 5.32 Å². The highest BCUT2D eigenvalue weighted by Gasteiger charge is 2.12. The third-order valence-electron chi connectivity index (χ3n) is 3.42. The standard InChI is InChI=1S/C18H22FN/c1-13-5-10-16(19)17(11-13)20-12-14-6-8-15(9-7-14)18(2,3)4/h5-11,20H,12H2,1-4H3. The normalized spacial score (nSPS) is 11.4. The number of benzene rings is 2. The zero-order valence-corrected chi connectivity index (χ0v) is 12.6. The Kier molecular flexibility index (Phi) is 4.12. The number of hydrogen-bond donors (Lipinski definition) is 1. The van der Waals surface area contributed by atoms with E-state index in [0.717, 1.165) is 11.1 Å². The summed E-state index contributed by atoms with van der Waals surface area (Å²) < 4.78 is 13.6. The summed E-state index contributed by atoms with van der Waals surface area (Å²) in [5.74, 6) is -0.207. The number of aryl methyl sites for hydroxylation is 1. The Balaban J connectivity index is 2.06. The summed E-state index contributed by atoms with van der Waals surface area (Å²) in [4.78, 5) is 0. The van der Waals surface area contributed by atoms with E-state index in [9.17, 15) is 4.39 Å². The average molecular weight is 271 g/mol. The molecule has 0 aliphatic carbocycles. The van der Waals surface area contributed by atoms with Gasteiger partial charge in [0.05, 0.1) is 5.69 Å². The first kappa shape index (κ1) is 14.6. The lowest BCUT2D eigenvalue weighted by atomic mass is 9.87. The summed E-state index contributed by atoms with van der Waals surface area (Å²) in [5.41, 5.74) is 4.23. The van der Waals surface area contributed by atoms with Gasteiger partial charge >= 0.3 is 0 Å². The maximum absolute atomic E-state index is 13.6. The highest BCUT2D eigenvalue weighted by molar-refractivity contribution is 5.47. The van der Waals surface area contributed by atoms with Crippen LogP contribution in [0.1, 0.15) is 37.5 Å². The van der Waals surface area contributed by atoms with Gasteiger partial charge in [-0.15, -0.1) is 0 Å². The molecule has 0 amide bonds. The van der Waals surface area contributed by atoms with Crippen molar-refractivity contribution in [3.8, 4) is 0 Å². The Morgan fingerprint density at radius 3 is 2.25 bits per heavy atom. The van der Waals surface area contributed by atoms with Gasteiger partial charge in [0.1, 0.15) is 5.82 Å². The molecule has 106 valence electrons. The molecule has 20 heavy (non-hydrogen) atoms. The maximum Gasteiger partial charge on any atom is 0.146 e. The number of anilines is 1. The first-order chi connectivity index (χ1) is 9.36. The SMILES string of the molecule is Cc1ccc(F)c(NCc2ccc(C(C)(C)C)cc2)c1. The van der Waals surface area contributed by atoms with E-state index < -0.39 is 0 Å². The van der Waals surface area contributed by atoms with Crippen molar-refractivity contribution in [2.75, 3.05) is 5.32 Å². The van der Waals surface area contributed by atoms with Crippen molar-refractivity contribution < 1.29 is 4.39 Å². The van der Waals surface area contributed by atoms with E-state index in [1.165, 1.54) is 11.6 Å². The molecule has 0 bridgehead atoms. The van der Waals surface area contributed by atoms with Crippen LogP contribution in [0.2, 0.25) is 0 Å². The molecule has 1 N–H and O–H groups in total. The molecule has 0 aliphatic heterocycles. The summed E-state index contributed by atoms with van der Waals surface area (Å²) in [7, 11) is 0. The molecule has 0 radical (unpaired) electrons. The summed E-state index contributed by atoms with van der Waals surface area (Å²) >= 11 is 0. The van der Waals surface area contributed by atoms with Crippen LogP contribution < -0.4 is 5.32 Å². The fraction of sp³-hybridized carbons (Fsp3) is 0.333. The van der Waals surface area contributed by atoms with Crippen molar-refractivity contribution in [2.24, 2.45) is 0 Å². The van der Waals surface area contributed by atoms with Crippen LogP contribution in [0.15, 0.2) is 42.5 Å². The fourth-order valence-electron chi connectivity index (χ4n) is 2.09. The molecule has 0 heterocycles. The Morgan fingerprint density at radius 2 is 1.65 bits per heavy atom. The second-order valence-electron chi connectivity index (χ2n) is 6.28. The smallest absolute Gasteiger partial charge is 0.146 e. The minimum atomic E-state index is -0.207. The van der Waals surface area contributed by atoms with Crippen LogP contribution in [0.3, 0.4) is 0 Å². The van der Waals surface area contributed by atoms with Crippen molar-refractivity contribution >= 4 is 5.69 Å². The molecule has 0 atom stereocenters. The van der Waals surface area contributed by atoms with Crippen LogP contribution in [0.5, 0.6) is 0 Å². The lowest BCUT2D eigenvalue weighted by Gasteiger charge is -2.19. The molecule has 2 heteroatoms. The predicted octanol–water partition coefficient (Wildman–Crippen LogP) is 5.04. The van der Waals surface area contributed by atoms with Crippen molar-refractivity contribution in [2.45, 2.75) is 39.7 Å². The fourth-order valence-corrected chi connectivity index (χ4v) is 2.09. The third-order valence-corrected chi connectivity index (χ3v) is 3.42. The first-order valence-corrected chi connectivity index (χ1v) is 6.96. The number of halogens is 1. The van der Waals surface area contributed by atoms with Gasteiger partial charge in [-0.1, -0.05) is 51.1 Å². The minimum absolute atomic E-state index is 0.161. The van der Waals surface area contributed by atoms with Crippen LogP contribution in [-0.2, 0) is 12.0 Å². The molecule has 2 aromatic rings. The summed E-state index contributed by atoms with van der Waals surface area (Å²) in [6.07, 6.45) is 0. The summed E-state index contributed by atoms with van der Waals surface area (Å²) in [5, 5.41) is 3.15. The molecule has 1 nitrogen and oxygen atoms in total. The minimum Gasteiger partial charge on any atom is -0.379 e. The Bertz CT molecular complexity index is 579. The maximum atomic E-state index is 13.6. The van der Waals surface area contributed by atoms with Gasteiger partial charge in [0.25, 0.3) is 0 Å². The van der Waals surface area contributed by atoms with Crippen LogP contribution in [0.25, 0.3) is 0 Å². The van der Waals surface area contributed by atoms with E-state index in [2.05, 4.69) is 50.4 Å². The second kappa shape index (κ2) is 5.66. The van der Waals surface area contributed by atoms with Gasteiger partial charge in [-0.25, -0.2) is 4.39 Å². The first-order valence-electron chi connectivity index (χ1n) is 6.96. The lowest BCUT2D eigenvalue weighted by molar-refractivity contribution is 0.590. The Hall–Kier alpha value is -1.83. The average Bonchev–Trinajstić information content (AvgIpc) is 2.39. The lowest BCUT2D eigenvalue weighted by Crippen LogP contribution is -2.11. The zero-order valence-electron chi connectivity index (χ0n) is 12.6. The highest BCUT2D eigenvalue weighted by Crippen LogP contribution is 2.22. The second-order valence-corrected chi connectivity index (χ2v) is 6.28. The van der Waals surface area contributed by atoms with Crippen molar-refractivity contribution in [1.82, 2.24) is 0 Å². The van der Waals surface area contributed by atoms with Gasteiger partial charge in [-0.05, 0) is 41.2 Å².